The normalized spacial score (nSPS) is 11.1. The Bertz CT molecular complexity index is 506. The summed E-state index contributed by atoms with van der Waals surface area (Å²) >= 11 is 0. The molecule has 0 bridgehead atoms. The van der Waals surface area contributed by atoms with Crippen LogP contribution in [0, 0.1) is 6.92 Å². The summed E-state index contributed by atoms with van der Waals surface area (Å²) in [5.74, 6) is 1.04. The molecule has 0 aliphatic carbocycles. The summed E-state index contributed by atoms with van der Waals surface area (Å²) in [4.78, 5) is 13.2. The van der Waals surface area contributed by atoms with Gasteiger partial charge in [-0.2, -0.15) is 0 Å². The van der Waals surface area contributed by atoms with Crippen molar-refractivity contribution in [3.8, 4) is 5.75 Å². The van der Waals surface area contributed by atoms with E-state index < -0.39 is 0 Å². The lowest BCUT2D eigenvalue weighted by atomic mass is 9.99. The van der Waals surface area contributed by atoms with Gasteiger partial charge in [-0.15, -0.1) is 0 Å². The predicted molar refractivity (Wildman–Crippen MR) is 84.5 cm³/mol. The van der Waals surface area contributed by atoms with Crippen molar-refractivity contribution in [1.82, 2.24) is 9.38 Å². The Morgan fingerprint density at radius 1 is 1.19 bits per heavy atom. The molecule has 0 spiro atoms. The molecule has 0 radical (unpaired) electrons. The van der Waals surface area contributed by atoms with Gasteiger partial charge < -0.3 is 33.6 Å². The van der Waals surface area contributed by atoms with Gasteiger partial charge >= 0.3 is 6.09 Å². The van der Waals surface area contributed by atoms with Crippen LogP contribution in [0.3, 0.4) is 0 Å². The summed E-state index contributed by atoms with van der Waals surface area (Å²) in [5, 5.41) is 0. The summed E-state index contributed by atoms with van der Waals surface area (Å²) in [6.45, 7) is 6.28. The van der Waals surface area contributed by atoms with Crippen molar-refractivity contribution in [3.05, 3.63) is 23.3 Å². The number of hydrogen-bond donors (Lipinski definition) is 0. The summed E-state index contributed by atoms with van der Waals surface area (Å²) in [6.07, 6.45) is -0.346. The third kappa shape index (κ3) is 5.14. The highest BCUT2D eigenvalue weighted by atomic mass is 127. The summed E-state index contributed by atoms with van der Waals surface area (Å²) in [6, 6.07) is 4.17. The maximum atomic E-state index is 11.8. The third-order valence-electron chi connectivity index (χ3n) is 3.31. The average molecular weight is 406 g/mol. The van der Waals surface area contributed by atoms with E-state index in [1.54, 1.807) is 14.1 Å². The number of carbonyl (C=O) groups is 1. The molecule has 0 saturated carbocycles. The van der Waals surface area contributed by atoms with Crippen LogP contribution in [0.1, 0.15) is 30.9 Å². The third-order valence-corrected chi connectivity index (χ3v) is 3.31. The van der Waals surface area contributed by atoms with Gasteiger partial charge in [-0.3, -0.25) is 4.48 Å². The molecule has 0 heterocycles. The molecule has 0 saturated heterocycles. The van der Waals surface area contributed by atoms with E-state index in [-0.39, 0.29) is 30.1 Å². The van der Waals surface area contributed by atoms with Crippen LogP contribution < -0.4 is 33.2 Å². The van der Waals surface area contributed by atoms with Crippen LogP contribution in [0.5, 0.6) is 5.75 Å². The van der Waals surface area contributed by atoms with Crippen LogP contribution in [-0.2, 0) is 0 Å². The van der Waals surface area contributed by atoms with Crippen molar-refractivity contribution in [1.29, 1.82) is 0 Å². The molecule has 0 N–H and O–H groups in total. The molecule has 0 fully saturated rings. The van der Waals surface area contributed by atoms with Gasteiger partial charge in [0.1, 0.15) is 11.4 Å². The predicted octanol–water partition coefficient (Wildman–Crippen LogP) is 0.380. The van der Waals surface area contributed by atoms with E-state index in [2.05, 4.69) is 41.1 Å². The zero-order valence-corrected chi connectivity index (χ0v) is 16.5. The Kier molecular flexibility index (Phi) is 7.15. The van der Waals surface area contributed by atoms with Crippen LogP contribution in [-0.4, -0.2) is 46.2 Å². The first-order valence-electron chi connectivity index (χ1n) is 6.89. The fourth-order valence-corrected chi connectivity index (χ4v) is 2.02. The van der Waals surface area contributed by atoms with E-state index >= 15 is 0 Å². The van der Waals surface area contributed by atoms with Gasteiger partial charge in [0.05, 0.1) is 26.7 Å². The Labute approximate surface area is 145 Å². The lowest BCUT2D eigenvalue weighted by Gasteiger charge is -2.27. The largest absolute Gasteiger partial charge is 1.00 e. The zero-order valence-electron chi connectivity index (χ0n) is 14.3. The molecule has 0 aliphatic rings. The molecule has 0 unspecified atom stereocenters. The Balaban J connectivity index is 0.00000400. The highest BCUT2D eigenvalue weighted by Gasteiger charge is 2.22. The van der Waals surface area contributed by atoms with Gasteiger partial charge in [-0.25, -0.2) is 4.79 Å². The number of hydrogen-bond acceptors (Lipinski definition) is 2. The van der Waals surface area contributed by atoms with E-state index in [1.807, 2.05) is 13.0 Å². The van der Waals surface area contributed by atoms with E-state index in [0.29, 0.717) is 16.2 Å². The first-order valence-corrected chi connectivity index (χ1v) is 6.89. The van der Waals surface area contributed by atoms with Gasteiger partial charge in [-0.05, 0) is 24.5 Å². The van der Waals surface area contributed by atoms with E-state index in [9.17, 15) is 4.79 Å². The average Bonchev–Trinajstić information content (AvgIpc) is 2.29. The standard InChI is InChI=1S/C16H27N2O2.HI/c1-11(2)13-9-14(18(6,7)8)12(3)15(10-13)20-16(19)17(4)5;/h9-11H,1-8H3;1H/q+1;/p-1. The van der Waals surface area contributed by atoms with Gasteiger partial charge in [0.25, 0.3) is 0 Å². The quantitative estimate of drug-likeness (QED) is 0.537. The molecular weight excluding hydrogens is 379 g/mol. The van der Waals surface area contributed by atoms with E-state index in [0.717, 1.165) is 11.3 Å². The number of rotatable bonds is 3. The maximum absolute atomic E-state index is 11.8. The number of ether oxygens (including phenoxy) is 1. The lowest BCUT2D eigenvalue weighted by molar-refractivity contribution is -0.00000969. The highest BCUT2D eigenvalue weighted by Crippen LogP contribution is 2.34. The summed E-state index contributed by atoms with van der Waals surface area (Å²) < 4.78 is 6.20. The Morgan fingerprint density at radius 2 is 1.71 bits per heavy atom. The minimum atomic E-state index is -0.346. The second kappa shape index (κ2) is 7.45. The second-order valence-electron chi connectivity index (χ2n) is 6.59. The Morgan fingerprint density at radius 3 is 2.10 bits per heavy atom. The molecule has 4 nitrogen and oxygen atoms in total. The molecule has 1 amide bonds. The van der Waals surface area contributed by atoms with Crippen LogP contribution in [0.25, 0.3) is 0 Å². The summed E-state index contributed by atoms with van der Waals surface area (Å²) in [7, 11) is 9.72. The van der Waals surface area contributed by atoms with Crippen molar-refractivity contribution in [2.24, 2.45) is 0 Å². The number of nitrogens with zero attached hydrogens (tertiary/aromatic N) is 2. The topological polar surface area (TPSA) is 29.5 Å². The molecule has 120 valence electrons. The van der Waals surface area contributed by atoms with Gasteiger partial charge in [0.15, 0.2) is 0 Å². The van der Waals surface area contributed by atoms with Crippen LogP contribution in [0.4, 0.5) is 10.5 Å². The zero-order chi connectivity index (χ0) is 15.7. The van der Waals surface area contributed by atoms with Crippen molar-refractivity contribution >= 4 is 11.8 Å². The molecule has 21 heavy (non-hydrogen) atoms. The van der Waals surface area contributed by atoms with Gasteiger partial charge in [-0.1, -0.05) is 13.8 Å². The van der Waals surface area contributed by atoms with Crippen LogP contribution in [0.2, 0.25) is 0 Å². The highest BCUT2D eigenvalue weighted by molar-refractivity contribution is 5.72. The Hall–Kier alpha value is -0.820. The minimum Gasteiger partial charge on any atom is -1.00 e. The van der Waals surface area contributed by atoms with Crippen molar-refractivity contribution in [3.63, 3.8) is 0 Å². The number of quaternary nitrogens is 1. The van der Waals surface area contributed by atoms with Gasteiger partial charge in [0, 0.05) is 20.2 Å². The number of benzene rings is 1. The fourth-order valence-electron chi connectivity index (χ4n) is 2.02. The molecule has 0 aliphatic heterocycles. The lowest BCUT2D eigenvalue weighted by Crippen LogP contribution is -3.00. The molecule has 1 rings (SSSR count). The first-order chi connectivity index (χ1) is 9.04. The molecular formula is C16H27IN2O2. The fraction of sp³-hybridized carbons (Fsp3) is 0.562. The van der Waals surface area contributed by atoms with Crippen molar-refractivity contribution in [2.45, 2.75) is 26.7 Å². The van der Waals surface area contributed by atoms with Crippen molar-refractivity contribution in [2.75, 3.05) is 35.2 Å². The van der Waals surface area contributed by atoms with Crippen molar-refractivity contribution < 1.29 is 33.5 Å². The van der Waals surface area contributed by atoms with Crippen LogP contribution in [0.15, 0.2) is 12.1 Å². The van der Waals surface area contributed by atoms with E-state index in [4.69, 9.17) is 4.74 Å². The minimum absolute atomic E-state index is 0. The summed E-state index contributed by atoms with van der Waals surface area (Å²) in [5.41, 5.74) is 3.36. The molecule has 1 aromatic rings. The SMILES string of the molecule is Cc1c(OC(=O)N(C)C)cc(C(C)C)cc1[N+](C)(C)C.[I-]. The van der Waals surface area contributed by atoms with Gasteiger partial charge in [0.2, 0.25) is 0 Å². The van der Waals surface area contributed by atoms with Crippen LogP contribution >= 0.6 is 0 Å². The maximum Gasteiger partial charge on any atom is 0.414 e. The molecule has 1 aromatic carbocycles. The monoisotopic (exact) mass is 406 g/mol. The number of carbonyl (C=O) groups excluding carboxylic acids is 1. The molecule has 5 heteroatoms. The van der Waals surface area contributed by atoms with E-state index in [1.165, 1.54) is 10.5 Å². The smallest absolute Gasteiger partial charge is 0.414 e. The molecule has 0 atom stereocenters. The molecule has 0 aromatic heterocycles. The number of halogens is 1. The first kappa shape index (κ1) is 20.2. The number of amides is 1. The second-order valence-corrected chi connectivity index (χ2v) is 6.59.